The van der Waals surface area contributed by atoms with E-state index in [0.717, 1.165) is 45.4 Å². The van der Waals surface area contributed by atoms with Crippen LogP contribution in [-0.2, 0) is 9.53 Å². The summed E-state index contributed by atoms with van der Waals surface area (Å²) in [6.45, 7) is 4.76. The smallest absolute Gasteiger partial charge is 0.227 e. The molecule has 1 aliphatic heterocycles. The lowest BCUT2D eigenvalue weighted by molar-refractivity contribution is -0.139. The summed E-state index contributed by atoms with van der Waals surface area (Å²) in [5.41, 5.74) is 6.24. The van der Waals surface area contributed by atoms with Crippen molar-refractivity contribution in [2.75, 3.05) is 26.8 Å². The third kappa shape index (κ3) is 3.48. The molecule has 0 bridgehead atoms. The molecule has 3 atom stereocenters. The maximum Gasteiger partial charge on any atom is 0.227 e. The van der Waals surface area contributed by atoms with Gasteiger partial charge >= 0.3 is 0 Å². The molecule has 2 aliphatic rings. The minimum absolute atomic E-state index is 0.0537. The largest absolute Gasteiger partial charge is 0.384 e. The summed E-state index contributed by atoms with van der Waals surface area (Å²) >= 11 is 0. The maximum atomic E-state index is 12.6. The van der Waals surface area contributed by atoms with E-state index in [1.54, 1.807) is 7.11 Å². The quantitative estimate of drug-likeness (QED) is 0.846. The van der Waals surface area contributed by atoms with E-state index in [4.69, 9.17) is 10.5 Å². The summed E-state index contributed by atoms with van der Waals surface area (Å²) in [5, 5.41) is 0. The highest BCUT2D eigenvalue weighted by Gasteiger charge is 2.36. The van der Waals surface area contributed by atoms with Gasteiger partial charge in [-0.1, -0.05) is 13.3 Å². The lowest BCUT2D eigenvalue weighted by Gasteiger charge is -2.39. The molecule has 4 nitrogen and oxygen atoms in total. The Bertz CT molecular complexity index is 301. The Hall–Kier alpha value is -0.610. The molecule has 4 heteroatoms. The van der Waals surface area contributed by atoms with Crippen LogP contribution in [0.15, 0.2) is 0 Å². The number of carbonyl (C=O) groups excluding carboxylic acids is 1. The number of carbonyl (C=O) groups is 1. The van der Waals surface area contributed by atoms with Crippen molar-refractivity contribution in [3.05, 3.63) is 0 Å². The normalized spacial score (nSPS) is 33.4. The molecule has 2 rings (SSSR count). The first-order chi connectivity index (χ1) is 9.13. The van der Waals surface area contributed by atoms with Crippen molar-refractivity contribution < 1.29 is 9.53 Å². The maximum absolute atomic E-state index is 12.6. The van der Waals surface area contributed by atoms with Crippen molar-refractivity contribution in [2.24, 2.45) is 23.5 Å². The topological polar surface area (TPSA) is 55.6 Å². The molecule has 19 heavy (non-hydrogen) atoms. The fraction of sp³-hybridized carbons (Fsp3) is 0.933. The predicted octanol–water partition coefficient (Wildman–Crippen LogP) is 1.63. The van der Waals surface area contributed by atoms with Gasteiger partial charge in [0.1, 0.15) is 0 Å². The lowest BCUT2D eigenvalue weighted by atomic mass is 9.77. The molecule has 1 heterocycles. The van der Waals surface area contributed by atoms with Crippen LogP contribution in [0.5, 0.6) is 0 Å². The second-order valence-corrected chi connectivity index (χ2v) is 6.32. The number of nitrogens with two attached hydrogens (primary N) is 1. The van der Waals surface area contributed by atoms with Crippen LogP contribution in [0.2, 0.25) is 0 Å². The van der Waals surface area contributed by atoms with Crippen LogP contribution in [0.3, 0.4) is 0 Å². The van der Waals surface area contributed by atoms with E-state index in [9.17, 15) is 4.79 Å². The summed E-state index contributed by atoms with van der Waals surface area (Å²) in [6, 6.07) is 0.0537. The monoisotopic (exact) mass is 268 g/mol. The average Bonchev–Trinajstić information content (AvgIpc) is 2.42. The molecule has 2 fully saturated rings. The second kappa shape index (κ2) is 6.71. The van der Waals surface area contributed by atoms with Gasteiger partial charge in [-0.15, -0.1) is 0 Å². The molecule has 1 saturated carbocycles. The minimum atomic E-state index is 0.0537. The third-order valence-electron chi connectivity index (χ3n) is 4.94. The number of methoxy groups -OCH3 is 1. The van der Waals surface area contributed by atoms with Gasteiger partial charge in [-0.2, -0.15) is 0 Å². The fourth-order valence-corrected chi connectivity index (χ4v) is 3.52. The molecule has 0 aromatic rings. The van der Waals surface area contributed by atoms with Gasteiger partial charge in [-0.3, -0.25) is 4.79 Å². The first-order valence-electron chi connectivity index (χ1n) is 7.66. The van der Waals surface area contributed by atoms with E-state index in [1.165, 1.54) is 6.42 Å². The van der Waals surface area contributed by atoms with Crippen molar-refractivity contribution in [2.45, 2.75) is 45.1 Å². The van der Waals surface area contributed by atoms with Gasteiger partial charge in [0.25, 0.3) is 0 Å². The van der Waals surface area contributed by atoms with Crippen molar-refractivity contribution in [1.82, 2.24) is 4.90 Å². The zero-order valence-corrected chi connectivity index (χ0v) is 12.3. The summed E-state index contributed by atoms with van der Waals surface area (Å²) < 4.78 is 5.20. The van der Waals surface area contributed by atoms with Gasteiger partial charge in [0.2, 0.25) is 5.91 Å². The predicted molar refractivity (Wildman–Crippen MR) is 75.7 cm³/mol. The van der Waals surface area contributed by atoms with E-state index in [1.807, 2.05) is 4.90 Å². The molecule has 3 unspecified atom stereocenters. The van der Waals surface area contributed by atoms with E-state index in [-0.39, 0.29) is 12.0 Å². The van der Waals surface area contributed by atoms with Crippen LogP contribution in [0.1, 0.15) is 39.0 Å². The van der Waals surface area contributed by atoms with Gasteiger partial charge in [0.15, 0.2) is 0 Å². The molecule has 0 aromatic heterocycles. The van der Waals surface area contributed by atoms with Crippen molar-refractivity contribution >= 4 is 5.91 Å². The highest BCUT2D eigenvalue weighted by Crippen LogP contribution is 2.30. The molecule has 1 saturated heterocycles. The number of rotatable bonds is 3. The number of ether oxygens (including phenoxy) is 1. The van der Waals surface area contributed by atoms with Gasteiger partial charge < -0.3 is 15.4 Å². The Morgan fingerprint density at radius 2 is 1.95 bits per heavy atom. The van der Waals surface area contributed by atoms with Gasteiger partial charge in [0, 0.05) is 32.8 Å². The van der Waals surface area contributed by atoms with Crippen LogP contribution < -0.4 is 5.73 Å². The molecule has 2 N–H and O–H groups in total. The highest BCUT2D eigenvalue weighted by atomic mass is 16.5. The molecule has 110 valence electrons. The molecule has 0 radical (unpaired) electrons. The van der Waals surface area contributed by atoms with Crippen LogP contribution >= 0.6 is 0 Å². The van der Waals surface area contributed by atoms with Crippen LogP contribution in [0.4, 0.5) is 0 Å². The Morgan fingerprint density at radius 3 is 2.58 bits per heavy atom. The van der Waals surface area contributed by atoms with Crippen LogP contribution in [0.25, 0.3) is 0 Å². The third-order valence-corrected chi connectivity index (χ3v) is 4.94. The van der Waals surface area contributed by atoms with E-state index < -0.39 is 0 Å². The van der Waals surface area contributed by atoms with Gasteiger partial charge in [-0.25, -0.2) is 0 Å². The number of likely N-dealkylation sites (tertiary alicyclic amines) is 1. The standard InChI is InChI=1S/C15H28N2O2/c1-11-4-3-5-13(14(11)16)15(18)17-8-6-12(7-9-17)10-19-2/h11-14H,3-10,16H2,1-2H3. The van der Waals surface area contributed by atoms with Crippen molar-refractivity contribution in [1.29, 1.82) is 0 Å². The Morgan fingerprint density at radius 1 is 1.26 bits per heavy atom. The molecule has 1 aliphatic carbocycles. The Labute approximate surface area is 116 Å². The SMILES string of the molecule is COCC1CCN(C(=O)C2CCCC(C)C2N)CC1. The summed E-state index contributed by atoms with van der Waals surface area (Å²) in [4.78, 5) is 14.6. The van der Waals surface area contributed by atoms with Gasteiger partial charge in [-0.05, 0) is 37.5 Å². The van der Waals surface area contributed by atoms with Crippen molar-refractivity contribution in [3.8, 4) is 0 Å². The Balaban J connectivity index is 1.86. The zero-order valence-electron chi connectivity index (χ0n) is 12.3. The van der Waals surface area contributed by atoms with E-state index in [2.05, 4.69) is 6.92 Å². The number of amides is 1. The molecule has 0 aromatic carbocycles. The van der Waals surface area contributed by atoms with Crippen LogP contribution in [0, 0.1) is 17.8 Å². The molecular formula is C15H28N2O2. The highest BCUT2D eigenvalue weighted by molar-refractivity contribution is 5.79. The number of piperidine rings is 1. The fourth-order valence-electron chi connectivity index (χ4n) is 3.52. The summed E-state index contributed by atoms with van der Waals surface area (Å²) in [7, 11) is 1.75. The molecule has 0 spiro atoms. The zero-order chi connectivity index (χ0) is 13.8. The number of hydrogen-bond acceptors (Lipinski definition) is 3. The first kappa shape index (κ1) is 14.8. The molecular weight excluding hydrogens is 240 g/mol. The second-order valence-electron chi connectivity index (χ2n) is 6.32. The van der Waals surface area contributed by atoms with Crippen LogP contribution in [-0.4, -0.2) is 43.7 Å². The molecule has 1 amide bonds. The summed E-state index contributed by atoms with van der Waals surface area (Å²) in [6.07, 6.45) is 5.42. The van der Waals surface area contributed by atoms with Crippen molar-refractivity contribution in [3.63, 3.8) is 0 Å². The summed E-state index contributed by atoms with van der Waals surface area (Å²) in [5.74, 6) is 1.46. The number of hydrogen-bond donors (Lipinski definition) is 1. The Kier molecular flexibility index (Phi) is 5.22. The van der Waals surface area contributed by atoms with E-state index in [0.29, 0.717) is 17.7 Å². The lowest BCUT2D eigenvalue weighted by Crippen LogP contribution is -2.50. The first-order valence-corrected chi connectivity index (χ1v) is 7.66. The number of nitrogens with zero attached hydrogens (tertiary/aromatic N) is 1. The van der Waals surface area contributed by atoms with Gasteiger partial charge in [0.05, 0.1) is 5.92 Å². The average molecular weight is 268 g/mol. The van der Waals surface area contributed by atoms with E-state index >= 15 is 0 Å². The minimum Gasteiger partial charge on any atom is -0.384 e.